The normalized spacial score (nSPS) is 11.9. The summed E-state index contributed by atoms with van der Waals surface area (Å²) in [5.74, 6) is 0.212. The maximum absolute atomic E-state index is 12.7. The number of carbonyl (C=O) groups excluding carboxylic acids is 1. The summed E-state index contributed by atoms with van der Waals surface area (Å²) in [7, 11) is 0. The van der Waals surface area contributed by atoms with Crippen LogP contribution in [0.4, 0.5) is 10.3 Å². The molecular weight excluding hydrogens is 421 g/mol. The van der Waals surface area contributed by atoms with Gasteiger partial charge in [-0.25, -0.2) is 18.9 Å². The van der Waals surface area contributed by atoms with Crippen LogP contribution in [0.1, 0.15) is 11.8 Å². The summed E-state index contributed by atoms with van der Waals surface area (Å²) < 4.78 is 15.4. The number of aromatic nitrogens is 5. The molecule has 1 aromatic carbocycles. The number of fused-ring (bicyclic) bond motifs is 1. The van der Waals surface area contributed by atoms with Crippen LogP contribution in [-0.4, -0.2) is 36.8 Å². The highest BCUT2D eigenvalue weighted by Gasteiger charge is 2.11. The van der Waals surface area contributed by atoms with Crippen molar-refractivity contribution in [1.29, 1.82) is 0 Å². The Morgan fingerprint density at radius 3 is 2.94 bits per heavy atom. The molecule has 0 atom stereocenters. The first-order valence-electron chi connectivity index (χ1n) is 9.43. The quantitative estimate of drug-likeness (QED) is 0.406. The number of H-pyrrole nitrogens is 1. The first kappa shape index (κ1) is 20.7. The molecule has 11 heteroatoms. The van der Waals surface area contributed by atoms with Crippen LogP contribution in [0.5, 0.6) is 0 Å². The van der Waals surface area contributed by atoms with Crippen molar-refractivity contribution in [2.45, 2.75) is 20.0 Å². The minimum Gasteiger partial charge on any atom is -0.327 e. The van der Waals surface area contributed by atoms with Gasteiger partial charge in [0.1, 0.15) is 6.33 Å². The number of anilines is 1. The topological polar surface area (TPSA) is 124 Å². The van der Waals surface area contributed by atoms with E-state index in [1.807, 2.05) is 30.3 Å². The molecule has 3 heterocycles. The van der Waals surface area contributed by atoms with Crippen LogP contribution >= 0.6 is 11.3 Å². The van der Waals surface area contributed by atoms with E-state index in [2.05, 4.69) is 20.4 Å². The van der Waals surface area contributed by atoms with E-state index in [1.54, 1.807) is 11.3 Å². The van der Waals surface area contributed by atoms with E-state index < -0.39 is 0 Å². The van der Waals surface area contributed by atoms with Gasteiger partial charge in [0.25, 0.3) is 0 Å². The lowest BCUT2D eigenvalue weighted by Crippen LogP contribution is -2.26. The summed E-state index contributed by atoms with van der Waals surface area (Å²) in [6.45, 7) is 1.84. The Kier molecular flexibility index (Phi) is 5.78. The van der Waals surface area contributed by atoms with E-state index >= 15 is 0 Å². The molecule has 0 aliphatic carbocycles. The standard InChI is InChI=1S/C20H20FN7O2S/c1-12(29)24-19-25-16-4-2-14(6-17(16)26-19)18-5-3-15(31-18)10-27-11-23-28(20(27)30)9-13(7-21)8-22/h2-7,11H,8-10,22H2,1H3,(H2,24,25,26,29)/b13-7+. The average molecular weight is 441 g/mol. The Morgan fingerprint density at radius 2 is 2.19 bits per heavy atom. The number of halogens is 1. The molecule has 4 rings (SSSR count). The monoisotopic (exact) mass is 441 g/mol. The summed E-state index contributed by atoms with van der Waals surface area (Å²) in [5, 5.41) is 6.67. The summed E-state index contributed by atoms with van der Waals surface area (Å²) >= 11 is 1.56. The minimum atomic E-state index is -0.327. The molecule has 4 aromatic rings. The van der Waals surface area contributed by atoms with Gasteiger partial charge in [-0.15, -0.1) is 11.3 Å². The molecule has 0 fully saturated rings. The largest absolute Gasteiger partial charge is 0.346 e. The predicted octanol–water partition coefficient (Wildman–Crippen LogP) is 2.47. The van der Waals surface area contributed by atoms with Gasteiger partial charge in [-0.2, -0.15) is 5.10 Å². The number of nitrogens with zero attached hydrogens (tertiary/aromatic N) is 4. The predicted molar refractivity (Wildman–Crippen MR) is 118 cm³/mol. The molecule has 3 aromatic heterocycles. The minimum absolute atomic E-state index is 0.0249. The summed E-state index contributed by atoms with van der Waals surface area (Å²) in [4.78, 5) is 33.1. The van der Waals surface area contributed by atoms with Crippen LogP contribution in [-0.2, 0) is 17.9 Å². The molecule has 31 heavy (non-hydrogen) atoms. The van der Waals surface area contributed by atoms with Crippen molar-refractivity contribution in [3.63, 3.8) is 0 Å². The van der Waals surface area contributed by atoms with Crippen molar-refractivity contribution >= 4 is 34.2 Å². The molecule has 0 bridgehead atoms. The zero-order valence-corrected chi connectivity index (χ0v) is 17.4. The number of imidazole rings is 1. The molecule has 0 saturated heterocycles. The van der Waals surface area contributed by atoms with Crippen LogP contribution in [0.3, 0.4) is 0 Å². The van der Waals surface area contributed by atoms with Gasteiger partial charge in [0.15, 0.2) is 0 Å². The Hall–Kier alpha value is -3.57. The fraction of sp³-hybridized carbons (Fsp3) is 0.200. The zero-order valence-electron chi connectivity index (χ0n) is 16.6. The molecule has 0 aliphatic rings. The van der Waals surface area contributed by atoms with Gasteiger partial charge in [-0.3, -0.25) is 14.7 Å². The highest BCUT2D eigenvalue weighted by molar-refractivity contribution is 7.15. The smallest absolute Gasteiger partial charge is 0.327 e. The van der Waals surface area contributed by atoms with E-state index in [1.165, 1.54) is 22.5 Å². The van der Waals surface area contributed by atoms with Gasteiger partial charge < -0.3 is 10.7 Å². The van der Waals surface area contributed by atoms with Crippen LogP contribution in [0, 0.1) is 0 Å². The third-order valence-corrected chi connectivity index (χ3v) is 5.73. The fourth-order valence-electron chi connectivity index (χ4n) is 3.10. The maximum Gasteiger partial charge on any atom is 0.346 e. The van der Waals surface area contributed by atoms with Gasteiger partial charge in [-0.05, 0) is 35.4 Å². The van der Waals surface area contributed by atoms with E-state index in [0.717, 1.165) is 26.4 Å². The lowest BCUT2D eigenvalue weighted by Gasteiger charge is -2.01. The number of hydrogen-bond donors (Lipinski definition) is 3. The Labute approximate surface area is 180 Å². The van der Waals surface area contributed by atoms with Gasteiger partial charge in [0.2, 0.25) is 11.9 Å². The first-order valence-corrected chi connectivity index (χ1v) is 10.3. The van der Waals surface area contributed by atoms with Crippen molar-refractivity contribution in [3.8, 4) is 10.4 Å². The summed E-state index contributed by atoms with van der Waals surface area (Å²) in [5.41, 5.74) is 7.97. The Morgan fingerprint density at radius 1 is 1.35 bits per heavy atom. The highest BCUT2D eigenvalue weighted by Crippen LogP contribution is 2.30. The number of aromatic amines is 1. The lowest BCUT2D eigenvalue weighted by molar-refractivity contribution is -0.114. The van der Waals surface area contributed by atoms with E-state index in [-0.39, 0.29) is 24.7 Å². The van der Waals surface area contributed by atoms with E-state index in [9.17, 15) is 14.0 Å². The number of hydrogen-bond acceptors (Lipinski definition) is 6. The van der Waals surface area contributed by atoms with Gasteiger partial charge in [0.05, 0.1) is 30.5 Å². The lowest BCUT2D eigenvalue weighted by atomic mass is 10.1. The highest BCUT2D eigenvalue weighted by atomic mass is 32.1. The molecule has 0 unspecified atom stereocenters. The number of thiophene rings is 1. The third-order valence-electron chi connectivity index (χ3n) is 4.61. The van der Waals surface area contributed by atoms with Crippen molar-refractivity contribution in [1.82, 2.24) is 24.3 Å². The van der Waals surface area contributed by atoms with Gasteiger partial charge in [-0.1, -0.05) is 6.07 Å². The number of amides is 1. The van der Waals surface area contributed by atoms with Crippen LogP contribution in [0.25, 0.3) is 21.5 Å². The van der Waals surface area contributed by atoms with Crippen molar-refractivity contribution < 1.29 is 9.18 Å². The maximum atomic E-state index is 12.7. The van der Waals surface area contributed by atoms with Crippen LogP contribution in [0.15, 0.2) is 53.4 Å². The molecule has 0 saturated carbocycles. The molecule has 1 amide bonds. The second-order valence-corrected chi connectivity index (χ2v) is 8.10. The molecule has 9 nitrogen and oxygen atoms in total. The number of benzene rings is 1. The van der Waals surface area contributed by atoms with Gasteiger partial charge >= 0.3 is 5.69 Å². The second-order valence-electron chi connectivity index (χ2n) is 6.94. The zero-order chi connectivity index (χ0) is 22.0. The summed E-state index contributed by atoms with van der Waals surface area (Å²) in [6, 6.07) is 9.74. The SMILES string of the molecule is CC(=O)Nc1nc2ccc(-c3ccc(Cn4cnn(C/C(=C/F)CN)c4=O)s3)cc2[nH]1. The van der Waals surface area contributed by atoms with Crippen molar-refractivity contribution in [3.05, 3.63) is 63.9 Å². The Bertz CT molecular complexity index is 1330. The first-order chi connectivity index (χ1) is 15.0. The number of carbonyl (C=O) groups is 1. The third kappa shape index (κ3) is 4.47. The fourth-order valence-corrected chi connectivity index (χ4v) is 4.10. The number of rotatable bonds is 7. The second kappa shape index (κ2) is 8.66. The summed E-state index contributed by atoms with van der Waals surface area (Å²) in [6.07, 6.45) is 1.85. The molecule has 4 N–H and O–H groups in total. The van der Waals surface area contributed by atoms with Crippen LogP contribution in [0.2, 0.25) is 0 Å². The average Bonchev–Trinajstić information content (AvgIpc) is 3.45. The van der Waals surface area contributed by atoms with Crippen LogP contribution < -0.4 is 16.7 Å². The van der Waals surface area contributed by atoms with E-state index in [0.29, 0.717) is 24.4 Å². The van der Waals surface area contributed by atoms with Crippen molar-refractivity contribution in [2.75, 3.05) is 11.9 Å². The number of nitrogens with two attached hydrogens (primary N) is 1. The molecular formula is C20H20FN7O2S. The molecule has 0 spiro atoms. The van der Waals surface area contributed by atoms with E-state index in [4.69, 9.17) is 5.73 Å². The molecule has 0 radical (unpaired) electrons. The Balaban J connectivity index is 1.53. The van der Waals surface area contributed by atoms with Crippen molar-refractivity contribution in [2.24, 2.45) is 5.73 Å². The number of nitrogens with one attached hydrogen (secondary N) is 2. The molecule has 160 valence electrons. The molecule has 0 aliphatic heterocycles. The van der Waals surface area contributed by atoms with Gasteiger partial charge in [0, 0.05) is 23.2 Å².